The Labute approximate surface area is 166 Å². The zero-order chi connectivity index (χ0) is 19.3. The second-order valence-corrected chi connectivity index (χ2v) is 12.7. The Balaban J connectivity index is 1.53. The molecule has 2 unspecified atom stereocenters. The zero-order valence-electron chi connectivity index (χ0n) is 17.3. The van der Waals surface area contributed by atoms with E-state index in [1.807, 2.05) is 6.07 Å². The van der Waals surface area contributed by atoms with Gasteiger partial charge >= 0.3 is 0 Å². The Morgan fingerprint density at radius 3 is 2.19 bits per heavy atom. The van der Waals surface area contributed by atoms with E-state index in [2.05, 4.69) is 75.5 Å². The van der Waals surface area contributed by atoms with Crippen molar-refractivity contribution in [3.63, 3.8) is 0 Å². The van der Waals surface area contributed by atoms with Gasteiger partial charge in [-0.25, -0.2) is 0 Å². The van der Waals surface area contributed by atoms with E-state index in [4.69, 9.17) is 9.47 Å². The lowest BCUT2D eigenvalue weighted by atomic mass is 9.94. The average Bonchev–Trinajstić information content (AvgIpc) is 2.68. The number of hydrogen-bond acceptors (Lipinski definition) is 2. The molecule has 0 amide bonds. The highest BCUT2D eigenvalue weighted by molar-refractivity contribution is 6.59. The minimum atomic E-state index is -0.711. The van der Waals surface area contributed by atoms with Gasteiger partial charge in [0.15, 0.2) is 0 Å². The minimum Gasteiger partial charge on any atom is -0.490 e. The third-order valence-corrected chi connectivity index (χ3v) is 9.39. The number of ether oxygens (including phenoxy) is 2. The van der Waals surface area contributed by atoms with Crippen LogP contribution < -0.4 is 4.74 Å². The summed E-state index contributed by atoms with van der Waals surface area (Å²) in [7, 11) is -0.711. The molecule has 1 fully saturated rings. The predicted octanol–water partition coefficient (Wildman–Crippen LogP) is 6.33. The second kappa shape index (κ2) is 9.07. The van der Waals surface area contributed by atoms with Crippen molar-refractivity contribution in [3.8, 4) is 16.9 Å². The van der Waals surface area contributed by atoms with Crippen LogP contribution in [0.1, 0.15) is 39.5 Å². The maximum atomic E-state index is 6.31. The monoisotopic (exact) mass is 382 g/mol. The molecule has 0 N–H and O–H groups in total. The third-order valence-electron chi connectivity index (χ3n) is 6.10. The van der Waals surface area contributed by atoms with E-state index < -0.39 is 8.80 Å². The molecule has 0 bridgehead atoms. The first kappa shape index (κ1) is 20.2. The summed E-state index contributed by atoms with van der Waals surface area (Å²) in [4.78, 5) is 0. The molecule has 1 aliphatic rings. The van der Waals surface area contributed by atoms with Gasteiger partial charge in [0.1, 0.15) is 11.9 Å². The molecule has 146 valence electrons. The summed E-state index contributed by atoms with van der Waals surface area (Å²) in [5.74, 6) is 0.968. The SMILES string of the molecule is C[SiH](C)C(C)(C)COC1CCCC(Oc2ccc(-c3ccccc3)cc2)C1. The van der Waals surface area contributed by atoms with Crippen LogP contribution in [-0.4, -0.2) is 27.6 Å². The van der Waals surface area contributed by atoms with Crippen LogP contribution in [0, 0.1) is 0 Å². The van der Waals surface area contributed by atoms with Crippen LogP contribution in [0.2, 0.25) is 18.1 Å². The van der Waals surface area contributed by atoms with Gasteiger partial charge in [-0.1, -0.05) is 69.4 Å². The topological polar surface area (TPSA) is 18.5 Å². The highest BCUT2D eigenvalue weighted by Crippen LogP contribution is 2.32. The molecule has 0 heterocycles. The van der Waals surface area contributed by atoms with Crippen molar-refractivity contribution in [1.29, 1.82) is 0 Å². The standard InChI is InChI=1S/C24H34O2Si/c1-24(2,27(3)4)18-25-22-11-8-12-23(17-22)26-21-15-13-20(14-16-21)19-9-6-5-7-10-19/h5-7,9-10,13-16,22-23,27H,8,11-12,17-18H2,1-4H3. The molecule has 2 aromatic rings. The highest BCUT2D eigenvalue weighted by Gasteiger charge is 2.28. The fraction of sp³-hybridized carbons (Fsp3) is 0.500. The lowest BCUT2D eigenvalue weighted by Crippen LogP contribution is -2.34. The molecule has 2 nitrogen and oxygen atoms in total. The maximum Gasteiger partial charge on any atom is 0.119 e. The zero-order valence-corrected chi connectivity index (χ0v) is 18.4. The Hall–Kier alpha value is -1.58. The largest absolute Gasteiger partial charge is 0.490 e. The molecule has 27 heavy (non-hydrogen) atoms. The van der Waals surface area contributed by atoms with Crippen molar-refractivity contribution in [3.05, 3.63) is 54.6 Å². The molecule has 2 aromatic carbocycles. The smallest absolute Gasteiger partial charge is 0.119 e. The fourth-order valence-electron chi connectivity index (χ4n) is 3.41. The molecule has 0 saturated heterocycles. The van der Waals surface area contributed by atoms with Crippen LogP contribution in [0.15, 0.2) is 54.6 Å². The Morgan fingerprint density at radius 1 is 0.889 bits per heavy atom. The molecule has 2 atom stereocenters. The summed E-state index contributed by atoms with van der Waals surface area (Å²) >= 11 is 0. The number of hydrogen-bond donors (Lipinski definition) is 0. The van der Waals surface area contributed by atoms with Gasteiger partial charge in [-0.15, -0.1) is 0 Å². The molecule has 3 heteroatoms. The summed E-state index contributed by atoms with van der Waals surface area (Å²) < 4.78 is 12.6. The lowest BCUT2D eigenvalue weighted by molar-refractivity contribution is -0.0158. The average molecular weight is 383 g/mol. The van der Waals surface area contributed by atoms with Crippen molar-refractivity contribution in [1.82, 2.24) is 0 Å². The van der Waals surface area contributed by atoms with Gasteiger partial charge in [-0.3, -0.25) is 0 Å². The molecule has 3 rings (SSSR count). The van der Waals surface area contributed by atoms with E-state index in [9.17, 15) is 0 Å². The summed E-state index contributed by atoms with van der Waals surface area (Å²) in [5, 5.41) is 0.362. The van der Waals surface area contributed by atoms with Gasteiger partial charge in [0.25, 0.3) is 0 Å². The summed E-state index contributed by atoms with van der Waals surface area (Å²) in [5.41, 5.74) is 2.47. The van der Waals surface area contributed by atoms with Crippen LogP contribution >= 0.6 is 0 Å². The van der Waals surface area contributed by atoms with Gasteiger partial charge < -0.3 is 9.47 Å². The molecular weight excluding hydrogens is 348 g/mol. The molecule has 0 aromatic heterocycles. The summed E-state index contributed by atoms with van der Waals surface area (Å²) in [6.45, 7) is 10.4. The van der Waals surface area contributed by atoms with Crippen LogP contribution in [-0.2, 0) is 4.74 Å². The number of benzene rings is 2. The first-order valence-corrected chi connectivity index (χ1v) is 13.3. The minimum absolute atomic E-state index is 0.269. The van der Waals surface area contributed by atoms with Crippen LogP contribution in [0.25, 0.3) is 11.1 Å². The van der Waals surface area contributed by atoms with Gasteiger partial charge in [0.05, 0.1) is 6.10 Å². The van der Waals surface area contributed by atoms with E-state index in [1.54, 1.807) is 0 Å². The van der Waals surface area contributed by atoms with Crippen LogP contribution in [0.5, 0.6) is 5.75 Å². The summed E-state index contributed by atoms with van der Waals surface area (Å²) in [6, 6.07) is 19.0. The van der Waals surface area contributed by atoms with Crippen LogP contribution in [0.4, 0.5) is 0 Å². The van der Waals surface area contributed by atoms with Crippen molar-refractivity contribution in [2.24, 2.45) is 0 Å². The molecule has 1 aliphatic carbocycles. The molecular formula is C24H34O2Si. The maximum absolute atomic E-state index is 6.31. The molecule has 1 saturated carbocycles. The van der Waals surface area contributed by atoms with E-state index in [0.29, 0.717) is 11.1 Å². The molecule has 0 aliphatic heterocycles. The Kier molecular flexibility index (Phi) is 6.77. The molecule has 0 radical (unpaired) electrons. The first-order valence-electron chi connectivity index (χ1n) is 10.4. The third kappa shape index (κ3) is 5.69. The van der Waals surface area contributed by atoms with Crippen molar-refractivity contribution in [2.75, 3.05) is 6.61 Å². The van der Waals surface area contributed by atoms with Crippen molar-refractivity contribution >= 4 is 8.80 Å². The fourth-order valence-corrected chi connectivity index (χ4v) is 3.84. The summed E-state index contributed by atoms with van der Waals surface area (Å²) in [6.07, 6.45) is 5.11. The van der Waals surface area contributed by atoms with Crippen LogP contribution in [0.3, 0.4) is 0 Å². The van der Waals surface area contributed by atoms with Gasteiger partial charge in [-0.2, -0.15) is 0 Å². The van der Waals surface area contributed by atoms with E-state index in [1.165, 1.54) is 24.0 Å². The van der Waals surface area contributed by atoms with E-state index in [0.717, 1.165) is 25.2 Å². The number of rotatable bonds is 7. The Morgan fingerprint density at radius 2 is 1.52 bits per heavy atom. The molecule has 0 spiro atoms. The quantitative estimate of drug-likeness (QED) is 0.521. The van der Waals surface area contributed by atoms with Gasteiger partial charge in [-0.05, 0) is 47.6 Å². The first-order chi connectivity index (χ1) is 12.9. The van der Waals surface area contributed by atoms with Crippen molar-refractivity contribution < 1.29 is 9.47 Å². The Bertz CT molecular complexity index is 694. The highest BCUT2D eigenvalue weighted by atomic mass is 28.3. The van der Waals surface area contributed by atoms with Gasteiger partial charge in [0.2, 0.25) is 0 Å². The van der Waals surface area contributed by atoms with Gasteiger partial charge in [0, 0.05) is 21.8 Å². The lowest BCUT2D eigenvalue weighted by Gasteiger charge is -2.34. The van der Waals surface area contributed by atoms with E-state index in [-0.39, 0.29) is 6.10 Å². The van der Waals surface area contributed by atoms with Crippen molar-refractivity contribution in [2.45, 2.75) is 69.9 Å². The van der Waals surface area contributed by atoms with E-state index >= 15 is 0 Å². The second-order valence-electron chi connectivity index (χ2n) is 8.87. The normalized spacial score (nSPS) is 20.6. The predicted molar refractivity (Wildman–Crippen MR) is 117 cm³/mol.